The first-order valence-corrected chi connectivity index (χ1v) is 12.6. The van der Waals surface area contributed by atoms with Crippen molar-refractivity contribution in [3.8, 4) is 0 Å². The van der Waals surface area contributed by atoms with Crippen LogP contribution in [0.3, 0.4) is 0 Å². The fourth-order valence-corrected chi connectivity index (χ4v) is 3.55. The number of benzene rings is 2. The van der Waals surface area contributed by atoms with Crippen molar-refractivity contribution in [1.29, 1.82) is 0 Å². The standard InChI is InChI=1S/C28H38N4O6/c1-28(2,3)38-26(35)30-17-11-10-16-23(32-27(36)37-19-20-12-6-4-7-13-20)25(34)31-18-22(24(29)33)21-14-8-5-9-15-21/h4-9,12-15,22-23H,10-11,16-19H2,1-3H3,(H2,29,33)(H,30,35)(H,31,34)(H,32,36). The van der Waals surface area contributed by atoms with Gasteiger partial charge in [-0.2, -0.15) is 0 Å². The molecule has 0 bridgehead atoms. The van der Waals surface area contributed by atoms with Gasteiger partial charge >= 0.3 is 12.2 Å². The Morgan fingerprint density at radius 3 is 2.11 bits per heavy atom. The topological polar surface area (TPSA) is 149 Å². The van der Waals surface area contributed by atoms with E-state index in [0.717, 1.165) is 5.56 Å². The highest BCUT2D eigenvalue weighted by molar-refractivity contribution is 5.87. The lowest BCUT2D eigenvalue weighted by Gasteiger charge is -2.21. The molecule has 38 heavy (non-hydrogen) atoms. The maximum Gasteiger partial charge on any atom is 0.408 e. The van der Waals surface area contributed by atoms with Crippen molar-refractivity contribution in [2.75, 3.05) is 13.1 Å². The number of carbonyl (C=O) groups excluding carboxylic acids is 4. The van der Waals surface area contributed by atoms with Crippen LogP contribution in [0.5, 0.6) is 0 Å². The van der Waals surface area contributed by atoms with Gasteiger partial charge in [-0.05, 0) is 51.2 Å². The van der Waals surface area contributed by atoms with Gasteiger partial charge in [0.2, 0.25) is 11.8 Å². The number of nitrogens with one attached hydrogen (secondary N) is 3. The lowest BCUT2D eigenvalue weighted by Crippen LogP contribution is -2.48. The zero-order valence-electron chi connectivity index (χ0n) is 22.2. The second-order valence-electron chi connectivity index (χ2n) is 9.79. The molecule has 10 heteroatoms. The molecule has 0 aromatic heterocycles. The third kappa shape index (κ3) is 11.8. The number of amides is 4. The van der Waals surface area contributed by atoms with Gasteiger partial charge in [0.25, 0.3) is 0 Å². The van der Waals surface area contributed by atoms with Crippen LogP contribution < -0.4 is 21.7 Å². The Kier molecular flexibility index (Phi) is 12.1. The number of nitrogens with two attached hydrogens (primary N) is 1. The van der Waals surface area contributed by atoms with E-state index in [1.165, 1.54) is 0 Å². The van der Waals surface area contributed by atoms with E-state index in [9.17, 15) is 19.2 Å². The van der Waals surface area contributed by atoms with Crippen LogP contribution in [-0.4, -0.2) is 48.7 Å². The van der Waals surface area contributed by atoms with Crippen LogP contribution in [0, 0.1) is 0 Å². The molecular formula is C28H38N4O6. The van der Waals surface area contributed by atoms with Gasteiger partial charge in [0.1, 0.15) is 18.2 Å². The second kappa shape index (κ2) is 15.2. The first kappa shape index (κ1) is 30.1. The Labute approximate surface area is 223 Å². The molecule has 2 atom stereocenters. The summed E-state index contributed by atoms with van der Waals surface area (Å²) in [5, 5.41) is 8.00. The lowest BCUT2D eigenvalue weighted by molar-refractivity contribution is -0.123. The molecule has 2 aromatic carbocycles. The molecule has 0 heterocycles. The molecule has 2 unspecified atom stereocenters. The largest absolute Gasteiger partial charge is 0.445 e. The van der Waals surface area contributed by atoms with Gasteiger partial charge < -0.3 is 31.2 Å². The summed E-state index contributed by atoms with van der Waals surface area (Å²) in [4.78, 5) is 49.3. The van der Waals surface area contributed by atoms with E-state index in [2.05, 4.69) is 16.0 Å². The summed E-state index contributed by atoms with van der Waals surface area (Å²) in [5.41, 5.74) is 6.45. The normalized spacial score (nSPS) is 12.5. The zero-order valence-corrected chi connectivity index (χ0v) is 22.2. The van der Waals surface area contributed by atoms with Gasteiger partial charge in [0, 0.05) is 13.1 Å². The van der Waals surface area contributed by atoms with Crippen LogP contribution in [0.4, 0.5) is 9.59 Å². The summed E-state index contributed by atoms with van der Waals surface area (Å²) < 4.78 is 10.5. The number of rotatable bonds is 13. The highest BCUT2D eigenvalue weighted by atomic mass is 16.6. The van der Waals surface area contributed by atoms with Gasteiger partial charge in [-0.3, -0.25) is 9.59 Å². The molecule has 2 aromatic rings. The van der Waals surface area contributed by atoms with Gasteiger partial charge in [-0.25, -0.2) is 9.59 Å². The van der Waals surface area contributed by atoms with Crippen molar-refractivity contribution in [3.63, 3.8) is 0 Å². The maximum absolute atomic E-state index is 13.0. The van der Waals surface area contributed by atoms with E-state index in [1.807, 2.05) is 36.4 Å². The molecule has 5 N–H and O–H groups in total. The van der Waals surface area contributed by atoms with Crippen LogP contribution in [0.2, 0.25) is 0 Å². The van der Waals surface area contributed by atoms with Crippen molar-refractivity contribution in [1.82, 2.24) is 16.0 Å². The first-order chi connectivity index (χ1) is 18.0. The van der Waals surface area contributed by atoms with Crippen LogP contribution in [0.15, 0.2) is 60.7 Å². The van der Waals surface area contributed by atoms with Crippen molar-refractivity contribution in [2.45, 2.75) is 64.2 Å². The molecule has 206 valence electrons. The van der Waals surface area contributed by atoms with Gasteiger partial charge in [0.15, 0.2) is 0 Å². The molecule has 0 saturated heterocycles. The summed E-state index contributed by atoms with van der Waals surface area (Å²) in [6.45, 7) is 5.71. The molecule has 0 aliphatic carbocycles. The highest BCUT2D eigenvalue weighted by Gasteiger charge is 2.24. The summed E-state index contributed by atoms with van der Waals surface area (Å²) in [6.07, 6.45) is 0.0975. The number of hydrogen-bond donors (Lipinski definition) is 4. The summed E-state index contributed by atoms with van der Waals surface area (Å²) in [7, 11) is 0. The van der Waals surface area contributed by atoms with Crippen LogP contribution in [0.25, 0.3) is 0 Å². The third-order valence-electron chi connectivity index (χ3n) is 5.43. The molecule has 0 fully saturated rings. The quantitative estimate of drug-likeness (QED) is 0.294. The number of ether oxygens (including phenoxy) is 2. The van der Waals surface area contributed by atoms with Crippen LogP contribution in [-0.2, 0) is 25.7 Å². The minimum absolute atomic E-state index is 0.0182. The predicted octanol–water partition coefficient (Wildman–Crippen LogP) is 3.36. The molecule has 4 amide bonds. The summed E-state index contributed by atoms with van der Waals surface area (Å²) in [6, 6.07) is 17.2. The van der Waals surface area contributed by atoms with Crippen molar-refractivity contribution >= 4 is 24.0 Å². The Balaban J connectivity index is 1.93. The third-order valence-corrected chi connectivity index (χ3v) is 5.43. The smallest absolute Gasteiger partial charge is 0.408 e. The molecule has 2 rings (SSSR count). The SMILES string of the molecule is CC(C)(C)OC(=O)NCCCCC(NC(=O)OCc1ccccc1)C(=O)NCC(C(N)=O)c1ccccc1. The summed E-state index contributed by atoms with van der Waals surface area (Å²) in [5.74, 6) is -1.76. The number of alkyl carbamates (subject to hydrolysis) is 2. The van der Waals surface area contributed by atoms with E-state index in [0.29, 0.717) is 24.9 Å². The average molecular weight is 527 g/mol. The Bertz CT molecular complexity index is 1040. The van der Waals surface area contributed by atoms with E-state index < -0.39 is 41.6 Å². The zero-order chi connectivity index (χ0) is 28.0. The minimum Gasteiger partial charge on any atom is -0.445 e. The Morgan fingerprint density at radius 2 is 1.50 bits per heavy atom. The van der Waals surface area contributed by atoms with Gasteiger partial charge in [-0.15, -0.1) is 0 Å². The van der Waals surface area contributed by atoms with E-state index in [1.54, 1.807) is 45.0 Å². The van der Waals surface area contributed by atoms with Crippen LogP contribution in [0.1, 0.15) is 57.1 Å². The van der Waals surface area contributed by atoms with Gasteiger partial charge in [-0.1, -0.05) is 60.7 Å². The summed E-state index contributed by atoms with van der Waals surface area (Å²) >= 11 is 0. The van der Waals surface area contributed by atoms with Crippen molar-refractivity contribution in [3.05, 3.63) is 71.8 Å². The van der Waals surface area contributed by atoms with E-state index in [-0.39, 0.29) is 19.6 Å². The molecule has 0 spiro atoms. The monoisotopic (exact) mass is 526 g/mol. The minimum atomic E-state index is -0.913. The number of primary amides is 1. The lowest BCUT2D eigenvalue weighted by atomic mass is 9.98. The van der Waals surface area contributed by atoms with Crippen molar-refractivity contribution in [2.24, 2.45) is 5.73 Å². The van der Waals surface area contributed by atoms with Gasteiger partial charge in [0.05, 0.1) is 5.92 Å². The highest BCUT2D eigenvalue weighted by Crippen LogP contribution is 2.14. The second-order valence-corrected chi connectivity index (χ2v) is 9.79. The number of carbonyl (C=O) groups is 4. The molecular weight excluding hydrogens is 488 g/mol. The molecule has 0 aliphatic heterocycles. The fourth-order valence-electron chi connectivity index (χ4n) is 3.55. The average Bonchev–Trinajstić information content (AvgIpc) is 2.86. The molecule has 0 radical (unpaired) electrons. The Morgan fingerprint density at radius 1 is 0.868 bits per heavy atom. The van der Waals surface area contributed by atoms with Crippen LogP contribution >= 0.6 is 0 Å². The maximum atomic E-state index is 13.0. The van der Waals surface area contributed by atoms with E-state index >= 15 is 0 Å². The van der Waals surface area contributed by atoms with E-state index in [4.69, 9.17) is 15.2 Å². The first-order valence-electron chi connectivity index (χ1n) is 12.6. The molecule has 10 nitrogen and oxygen atoms in total. The number of hydrogen-bond acceptors (Lipinski definition) is 6. The Hall–Kier alpha value is -4.08. The molecule has 0 saturated carbocycles. The number of unbranched alkanes of at least 4 members (excludes halogenated alkanes) is 1. The van der Waals surface area contributed by atoms with Crippen molar-refractivity contribution < 1.29 is 28.7 Å². The molecule has 0 aliphatic rings. The predicted molar refractivity (Wildman–Crippen MR) is 143 cm³/mol. The fraction of sp³-hybridized carbons (Fsp3) is 0.429.